The van der Waals surface area contributed by atoms with Gasteiger partial charge in [0, 0.05) is 27.9 Å². The molecule has 4 nitrogen and oxygen atoms in total. The molecule has 0 unspecified atom stereocenters. The first-order valence-electron chi connectivity index (χ1n) is 5.32. The van der Waals surface area contributed by atoms with Crippen molar-refractivity contribution >= 4 is 31.6 Å². The lowest BCUT2D eigenvalue weighted by molar-refractivity contribution is 0.336. The fourth-order valence-corrected chi connectivity index (χ4v) is 2.86. The smallest absolute Gasteiger partial charge is 0.291 e. The first-order chi connectivity index (χ1) is 8.29. The van der Waals surface area contributed by atoms with E-state index < -0.39 is 0 Å². The third kappa shape index (κ3) is 1.59. The molecule has 0 aromatic carbocycles. The lowest BCUT2D eigenvalue weighted by Gasteiger charge is -2.01. The molecule has 5 heteroatoms. The van der Waals surface area contributed by atoms with E-state index in [1.54, 1.807) is 23.6 Å². The van der Waals surface area contributed by atoms with Crippen LogP contribution in [0, 0.1) is 0 Å². The van der Waals surface area contributed by atoms with Gasteiger partial charge in [0.15, 0.2) is 5.75 Å². The highest BCUT2D eigenvalue weighted by atomic mass is 32.1. The van der Waals surface area contributed by atoms with E-state index in [4.69, 9.17) is 4.74 Å². The summed E-state index contributed by atoms with van der Waals surface area (Å²) in [5, 5.41) is 2.03. The number of thiophene rings is 1. The Morgan fingerprint density at radius 3 is 3.18 bits per heavy atom. The Hall–Kier alpha value is -1.88. The summed E-state index contributed by atoms with van der Waals surface area (Å²) in [6, 6.07) is 3.73. The number of fused-ring (bicyclic) bond motifs is 3. The molecular weight excluding hydrogens is 236 g/mol. The minimum Gasteiger partial charge on any atom is -0.488 e. The van der Waals surface area contributed by atoms with Gasteiger partial charge in [0.05, 0.1) is 6.61 Å². The van der Waals surface area contributed by atoms with Gasteiger partial charge in [-0.3, -0.25) is 9.78 Å². The van der Waals surface area contributed by atoms with Crippen LogP contribution < -0.4 is 10.3 Å². The highest BCUT2D eigenvalue weighted by Gasteiger charge is 2.09. The summed E-state index contributed by atoms with van der Waals surface area (Å²) in [6.45, 7) is 2.34. The average molecular weight is 246 g/mol. The molecule has 86 valence electrons. The van der Waals surface area contributed by atoms with Crippen LogP contribution in [0.4, 0.5) is 0 Å². The molecule has 0 atom stereocenters. The third-order valence-electron chi connectivity index (χ3n) is 2.55. The van der Waals surface area contributed by atoms with Crippen molar-refractivity contribution in [3.63, 3.8) is 0 Å². The van der Waals surface area contributed by atoms with E-state index in [9.17, 15) is 4.79 Å². The van der Waals surface area contributed by atoms with E-state index in [2.05, 4.69) is 9.97 Å². The summed E-state index contributed by atoms with van der Waals surface area (Å²) in [6.07, 6.45) is 3.56. The van der Waals surface area contributed by atoms with E-state index in [1.165, 1.54) is 0 Å². The molecule has 3 aromatic rings. The van der Waals surface area contributed by atoms with Crippen molar-refractivity contribution in [2.75, 3.05) is 6.61 Å². The predicted molar refractivity (Wildman–Crippen MR) is 68.9 cm³/mol. The van der Waals surface area contributed by atoms with E-state index in [0.29, 0.717) is 12.4 Å². The van der Waals surface area contributed by atoms with Crippen molar-refractivity contribution in [3.05, 3.63) is 34.9 Å². The van der Waals surface area contributed by atoms with E-state index >= 15 is 0 Å². The lowest BCUT2D eigenvalue weighted by atomic mass is 10.2. The predicted octanol–water partition coefficient (Wildman–Crippen LogP) is 2.54. The number of nitrogens with zero attached hydrogens (tertiary/aromatic N) is 1. The normalized spacial score (nSPS) is 11.1. The summed E-state index contributed by atoms with van der Waals surface area (Å²) in [4.78, 5) is 19.5. The summed E-state index contributed by atoms with van der Waals surface area (Å²) >= 11 is 1.55. The number of nitrogens with one attached hydrogen (secondary N) is 1. The Bertz CT molecular complexity index is 745. The van der Waals surface area contributed by atoms with Gasteiger partial charge in [-0.25, -0.2) is 0 Å². The number of aromatic nitrogens is 2. The molecule has 0 fully saturated rings. The number of pyridine rings is 2. The zero-order valence-electron chi connectivity index (χ0n) is 9.19. The van der Waals surface area contributed by atoms with Crippen molar-refractivity contribution in [3.8, 4) is 5.75 Å². The van der Waals surface area contributed by atoms with Gasteiger partial charge in [-0.2, -0.15) is 0 Å². The van der Waals surface area contributed by atoms with E-state index in [1.807, 2.05) is 19.2 Å². The molecule has 0 spiro atoms. The second-order valence-electron chi connectivity index (χ2n) is 3.61. The molecule has 0 aliphatic heterocycles. The van der Waals surface area contributed by atoms with Crippen LogP contribution in [0.25, 0.3) is 20.3 Å². The summed E-state index contributed by atoms with van der Waals surface area (Å²) in [7, 11) is 0. The molecule has 17 heavy (non-hydrogen) atoms. The molecule has 0 saturated carbocycles. The largest absolute Gasteiger partial charge is 0.488 e. The molecule has 0 radical (unpaired) electrons. The molecule has 0 amide bonds. The van der Waals surface area contributed by atoms with Gasteiger partial charge < -0.3 is 9.72 Å². The Morgan fingerprint density at radius 1 is 1.47 bits per heavy atom. The fraction of sp³-hybridized carbons (Fsp3) is 0.167. The van der Waals surface area contributed by atoms with Gasteiger partial charge in [-0.1, -0.05) is 0 Å². The minimum absolute atomic E-state index is 0.182. The van der Waals surface area contributed by atoms with Crippen molar-refractivity contribution < 1.29 is 4.74 Å². The second kappa shape index (κ2) is 3.85. The van der Waals surface area contributed by atoms with Crippen LogP contribution in [0.3, 0.4) is 0 Å². The van der Waals surface area contributed by atoms with E-state index in [-0.39, 0.29) is 5.56 Å². The maximum absolute atomic E-state index is 11.7. The summed E-state index contributed by atoms with van der Waals surface area (Å²) < 4.78 is 6.41. The third-order valence-corrected chi connectivity index (χ3v) is 3.66. The maximum atomic E-state index is 11.7. The number of hydrogen-bond acceptors (Lipinski definition) is 4. The number of H-pyrrole nitrogens is 1. The van der Waals surface area contributed by atoms with Gasteiger partial charge >= 0.3 is 0 Å². The quantitative estimate of drug-likeness (QED) is 0.756. The van der Waals surface area contributed by atoms with Crippen LogP contribution in [0.1, 0.15) is 6.92 Å². The van der Waals surface area contributed by atoms with E-state index in [0.717, 1.165) is 20.3 Å². The van der Waals surface area contributed by atoms with Crippen LogP contribution >= 0.6 is 11.3 Å². The number of hydrogen-bond donors (Lipinski definition) is 1. The number of rotatable bonds is 2. The Labute approximate surface area is 101 Å². The minimum atomic E-state index is -0.182. The van der Waals surface area contributed by atoms with Crippen LogP contribution in [0.2, 0.25) is 0 Å². The van der Waals surface area contributed by atoms with Crippen molar-refractivity contribution in [2.45, 2.75) is 6.92 Å². The maximum Gasteiger partial charge on any atom is 0.291 e. The SMILES string of the molecule is CCOc1cc2c([nH]c1=O)sc1ccncc12. The second-order valence-corrected chi connectivity index (χ2v) is 4.66. The topological polar surface area (TPSA) is 55.0 Å². The first kappa shape index (κ1) is 10.3. The number of aromatic amines is 1. The fourth-order valence-electron chi connectivity index (χ4n) is 1.82. The van der Waals surface area contributed by atoms with Gasteiger partial charge in [0.1, 0.15) is 4.83 Å². The Morgan fingerprint density at radius 2 is 2.35 bits per heavy atom. The molecule has 3 heterocycles. The lowest BCUT2D eigenvalue weighted by Crippen LogP contribution is -2.09. The van der Waals surface area contributed by atoms with Gasteiger partial charge in [0.2, 0.25) is 0 Å². The van der Waals surface area contributed by atoms with Crippen molar-refractivity contribution in [1.29, 1.82) is 0 Å². The molecule has 1 N–H and O–H groups in total. The standard InChI is InChI=1S/C12H10N2O2S/c1-2-16-9-5-7-8-6-13-4-3-10(8)17-12(7)14-11(9)15/h3-6H,2H2,1H3,(H,14,15). The highest BCUT2D eigenvalue weighted by Crippen LogP contribution is 2.32. The van der Waals surface area contributed by atoms with Crippen LogP contribution in [-0.2, 0) is 0 Å². The highest BCUT2D eigenvalue weighted by molar-refractivity contribution is 7.25. The van der Waals surface area contributed by atoms with Crippen LogP contribution in [0.5, 0.6) is 5.75 Å². The molecule has 0 aliphatic rings. The summed E-state index contributed by atoms with van der Waals surface area (Å²) in [5.41, 5.74) is -0.182. The number of ether oxygens (including phenoxy) is 1. The Balaban J connectivity index is 2.39. The van der Waals surface area contributed by atoms with Crippen LogP contribution in [-0.4, -0.2) is 16.6 Å². The zero-order valence-corrected chi connectivity index (χ0v) is 10.0. The summed E-state index contributed by atoms with van der Waals surface area (Å²) in [5.74, 6) is 0.364. The molecule has 0 bridgehead atoms. The molecule has 0 saturated heterocycles. The molecule has 3 rings (SSSR count). The zero-order chi connectivity index (χ0) is 11.8. The van der Waals surface area contributed by atoms with Crippen LogP contribution in [0.15, 0.2) is 29.3 Å². The van der Waals surface area contributed by atoms with Crippen molar-refractivity contribution in [2.24, 2.45) is 0 Å². The monoisotopic (exact) mass is 246 g/mol. The first-order valence-corrected chi connectivity index (χ1v) is 6.13. The Kier molecular flexibility index (Phi) is 2.33. The van der Waals surface area contributed by atoms with Gasteiger partial charge in [-0.05, 0) is 19.1 Å². The molecular formula is C12H10N2O2S. The van der Waals surface area contributed by atoms with Crippen molar-refractivity contribution in [1.82, 2.24) is 9.97 Å². The van der Waals surface area contributed by atoms with Gasteiger partial charge in [-0.15, -0.1) is 11.3 Å². The van der Waals surface area contributed by atoms with Gasteiger partial charge in [0.25, 0.3) is 5.56 Å². The average Bonchev–Trinajstić information content (AvgIpc) is 2.67. The molecule has 3 aromatic heterocycles. The molecule has 0 aliphatic carbocycles.